The minimum Gasteiger partial charge on any atom is -0.373 e. The van der Waals surface area contributed by atoms with Crippen molar-refractivity contribution in [2.75, 3.05) is 10.2 Å². The highest BCUT2D eigenvalue weighted by molar-refractivity contribution is 8.04. The third-order valence-electron chi connectivity index (χ3n) is 5.43. The van der Waals surface area contributed by atoms with Crippen LogP contribution < -0.4 is 10.2 Å². The van der Waals surface area contributed by atoms with Crippen molar-refractivity contribution in [2.45, 2.75) is 24.8 Å². The number of carbonyl (C=O) groups is 2. The summed E-state index contributed by atoms with van der Waals surface area (Å²) in [7, 11) is 0. The fraction of sp³-hybridized carbons (Fsp3) is 0.120. The van der Waals surface area contributed by atoms with Crippen LogP contribution in [0.4, 0.5) is 11.4 Å². The molecule has 2 aliphatic rings. The Morgan fingerprint density at radius 2 is 1.60 bits per heavy atom. The number of hydrogen-bond acceptors (Lipinski definition) is 4. The van der Waals surface area contributed by atoms with Crippen molar-refractivity contribution in [3.8, 4) is 0 Å². The fourth-order valence-corrected chi connectivity index (χ4v) is 5.00. The zero-order chi connectivity index (χ0) is 20.8. The summed E-state index contributed by atoms with van der Waals surface area (Å²) in [6, 6.07) is 23.0. The van der Waals surface area contributed by atoms with Crippen LogP contribution in [0, 0.1) is 13.8 Å². The molecule has 2 heterocycles. The van der Waals surface area contributed by atoms with Crippen molar-refractivity contribution in [3.05, 3.63) is 100.0 Å². The molecule has 2 aliphatic heterocycles. The van der Waals surface area contributed by atoms with Crippen molar-refractivity contribution in [1.29, 1.82) is 0 Å². The minimum atomic E-state index is -0.400. The molecule has 0 aromatic heterocycles. The number of imide groups is 1. The molecule has 0 radical (unpaired) electrons. The van der Waals surface area contributed by atoms with Crippen LogP contribution in [0.5, 0.6) is 0 Å². The number of nitrogens with one attached hydrogen (secondary N) is 1. The molecule has 1 atom stereocenters. The first kappa shape index (κ1) is 18.7. The quantitative estimate of drug-likeness (QED) is 0.574. The second-order valence-corrected chi connectivity index (χ2v) is 8.67. The average molecular weight is 413 g/mol. The van der Waals surface area contributed by atoms with Crippen LogP contribution in [0.1, 0.15) is 22.7 Å². The maximum atomic E-state index is 13.6. The summed E-state index contributed by atoms with van der Waals surface area (Å²) in [6.45, 7) is 3.98. The molecule has 0 saturated heterocycles. The van der Waals surface area contributed by atoms with Gasteiger partial charge in [0.1, 0.15) is 0 Å². The maximum Gasteiger partial charge on any atom is 0.272 e. The normalized spacial score (nSPS) is 18.1. The third kappa shape index (κ3) is 3.02. The largest absolute Gasteiger partial charge is 0.373 e. The van der Waals surface area contributed by atoms with Crippen LogP contribution in [0.2, 0.25) is 0 Å². The maximum absolute atomic E-state index is 13.6. The standard InChI is InChI=1S/C25H20N2O2S/c1-15-10-12-17(13-11-15)22-21-23(30-20-9-4-3-8-19(20)26-22)25(29)27(24(21)28)18-7-5-6-16(2)14-18/h3-14,22,26H,1-2H3/t22-/m1/s1. The molecule has 0 aliphatic carbocycles. The number of thioether (sulfide) groups is 1. The molecule has 5 heteroatoms. The van der Waals surface area contributed by atoms with Gasteiger partial charge in [0.15, 0.2) is 0 Å². The Labute approximate surface area is 179 Å². The van der Waals surface area contributed by atoms with Gasteiger partial charge in [-0.25, -0.2) is 4.90 Å². The molecule has 4 nitrogen and oxygen atoms in total. The molecule has 3 aromatic rings. The van der Waals surface area contributed by atoms with Gasteiger partial charge >= 0.3 is 0 Å². The summed E-state index contributed by atoms with van der Waals surface area (Å²) in [4.78, 5) is 29.8. The molecule has 2 amide bonds. The number of para-hydroxylation sites is 1. The van der Waals surface area contributed by atoms with E-state index in [4.69, 9.17) is 0 Å². The van der Waals surface area contributed by atoms with Crippen LogP contribution >= 0.6 is 11.8 Å². The van der Waals surface area contributed by atoms with E-state index in [0.717, 1.165) is 27.3 Å². The Morgan fingerprint density at radius 1 is 0.833 bits per heavy atom. The molecule has 0 bridgehead atoms. The van der Waals surface area contributed by atoms with Gasteiger partial charge in [0.2, 0.25) is 0 Å². The highest BCUT2D eigenvalue weighted by atomic mass is 32.2. The zero-order valence-electron chi connectivity index (χ0n) is 16.7. The number of rotatable bonds is 2. The van der Waals surface area contributed by atoms with E-state index in [2.05, 4.69) is 5.32 Å². The van der Waals surface area contributed by atoms with Gasteiger partial charge in [-0.1, -0.05) is 65.9 Å². The zero-order valence-corrected chi connectivity index (χ0v) is 17.5. The van der Waals surface area contributed by atoms with Gasteiger partial charge in [-0.15, -0.1) is 0 Å². The van der Waals surface area contributed by atoms with Gasteiger partial charge in [-0.05, 0) is 49.2 Å². The second-order valence-electron chi connectivity index (χ2n) is 7.61. The number of fused-ring (bicyclic) bond motifs is 1. The number of amides is 2. The Hall–Kier alpha value is -3.31. The van der Waals surface area contributed by atoms with E-state index in [1.807, 2.05) is 86.6 Å². The van der Waals surface area contributed by atoms with Crippen molar-refractivity contribution >= 4 is 35.0 Å². The molecule has 0 fully saturated rings. The predicted molar refractivity (Wildman–Crippen MR) is 121 cm³/mol. The lowest BCUT2D eigenvalue weighted by Gasteiger charge is -2.23. The molecule has 0 spiro atoms. The SMILES string of the molecule is Cc1ccc([C@H]2Nc3ccccc3SC3=C2C(=O)N(c2cccc(C)c2)C3=O)cc1. The second kappa shape index (κ2) is 7.18. The first-order valence-corrected chi connectivity index (χ1v) is 10.6. The summed E-state index contributed by atoms with van der Waals surface area (Å²) < 4.78 is 0. The number of carbonyl (C=O) groups excluding carboxylic acids is 2. The van der Waals surface area contributed by atoms with Gasteiger partial charge in [0.25, 0.3) is 11.8 Å². The van der Waals surface area contributed by atoms with Gasteiger partial charge in [-0.3, -0.25) is 9.59 Å². The summed E-state index contributed by atoms with van der Waals surface area (Å²) in [5.74, 6) is -0.528. The van der Waals surface area contributed by atoms with Crippen LogP contribution in [-0.2, 0) is 9.59 Å². The average Bonchev–Trinajstić information content (AvgIpc) is 2.88. The highest BCUT2D eigenvalue weighted by Crippen LogP contribution is 2.48. The van der Waals surface area contributed by atoms with Gasteiger partial charge < -0.3 is 5.32 Å². The van der Waals surface area contributed by atoms with Crippen molar-refractivity contribution in [1.82, 2.24) is 0 Å². The van der Waals surface area contributed by atoms with Crippen LogP contribution in [0.15, 0.2) is 88.2 Å². The Morgan fingerprint density at radius 3 is 2.37 bits per heavy atom. The van der Waals surface area contributed by atoms with E-state index >= 15 is 0 Å². The van der Waals surface area contributed by atoms with E-state index in [1.165, 1.54) is 16.7 Å². The van der Waals surface area contributed by atoms with Crippen molar-refractivity contribution in [3.63, 3.8) is 0 Å². The van der Waals surface area contributed by atoms with E-state index in [1.54, 1.807) is 0 Å². The summed E-state index contributed by atoms with van der Waals surface area (Å²) in [6.07, 6.45) is 0. The summed E-state index contributed by atoms with van der Waals surface area (Å²) in [5.41, 5.74) is 5.14. The molecular formula is C25H20N2O2S. The van der Waals surface area contributed by atoms with Gasteiger partial charge in [0, 0.05) is 10.6 Å². The molecule has 148 valence electrons. The number of nitrogens with zero attached hydrogens (tertiary/aromatic N) is 1. The van der Waals surface area contributed by atoms with E-state index in [-0.39, 0.29) is 11.8 Å². The van der Waals surface area contributed by atoms with Crippen molar-refractivity contribution in [2.24, 2.45) is 0 Å². The predicted octanol–water partition coefficient (Wildman–Crippen LogP) is 5.39. The summed E-state index contributed by atoms with van der Waals surface area (Å²) >= 11 is 1.37. The van der Waals surface area contributed by atoms with Gasteiger partial charge in [-0.2, -0.15) is 0 Å². The smallest absolute Gasteiger partial charge is 0.272 e. The van der Waals surface area contributed by atoms with Crippen molar-refractivity contribution < 1.29 is 9.59 Å². The molecular weight excluding hydrogens is 392 g/mol. The molecule has 1 N–H and O–H groups in total. The topological polar surface area (TPSA) is 49.4 Å². The van der Waals surface area contributed by atoms with Gasteiger partial charge in [0.05, 0.1) is 22.2 Å². The molecule has 3 aromatic carbocycles. The number of anilines is 2. The highest BCUT2D eigenvalue weighted by Gasteiger charge is 2.45. The number of aryl methyl sites for hydroxylation is 2. The third-order valence-corrected chi connectivity index (χ3v) is 6.61. The monoisotopic (exact) mass is 412 g/mol. The lowest BCUT2D eigenvalue weighted by molar-refractivity contribution is -0.120. The van der Waals surface area contributed by atoms with E-state index < -0.39 is 6.04 Å². The Bertz CT molecular complexity index is 1210. The Balaban J connectivity index is 1.66. The fourth-order valence-electron chi connectivity index (χ4n) is 3.90. The van der Waals surface area contributed by atoms with Crippen LogP contribution in [0.25, 0.3) is 0 Å². The molecule has 0 saturated carbocycles. The first-order chi connectivity index (χ1) is 14.5. The van der Waals surface area contributed by atoms with Crippen LogP contribution in [0.3, 0.4) is 0 Å². The molecule has 30 heavy (non-hydrogen) atoms. The molecule has 5 rings (SSSR count). The molecule has 0 unspecified atom stereocenters. The van der Waals surface area contributed by atoms with E-state index in [0.29, 0.717) is 16.2 Å². The minimum absolute atomic E-state index is 0.263. The number of hydrogen-bond donors (Lipinski definition) is 1. The Kier molecular flexibility index (Phi) is 4.48. The number of benzene rings is 3. The lowest BCUT2D eigenvalue weighted by atomic mass is 9.97. The van der Waals surface area contributed by atoms with Crippen LogP contribution in [-0.4, -0.2) is 11.8 Å². The lowest BCUT2D eigenvalue weighted by Crippen LogP contribution is -2.33. The first-order valence-electron chi connectivity index (χ1n) is 9.82. The summed E-state index contributed by atoms with van der Waals surface area (Å²) in [5, 5.41) is 3.52. The van der Waals surface area contributed by atoms with E-state index in [9.17, 15) is 9.59 Å².